The van der Waals surface area contributed by atoms with Crippen LogP contribution in [0.2, 0.25) is 5.02 Å². The Kier molecular flexibility index (Phi) is 5.44. The van der Waals surface area contributed by atoms with E-state index in [4.69, 9.17) is 11.6 Å². The zero-order valence-corrected chi connectivity index (χ0v) is 17.0. The van der Waals surface area contributed by atoms with Crippen molar-refractivity contribution in [1.82, 2.24) is 4.98 Å². The summed E-state index contributed by atoms with van der Waals surface area (Å²) in [7, 11) is 0. The summed E-state index contributed by atoms with van der Waals surface area (Å²) in [5.74, 6) is -5.24. The molecule has 1 fully saturated rings. The van der Waals surface area contributed by atoms with Crippen molar-refractivity contribution >= 4 is 40.3 Å². The first-order chi connectivity index (χ1) is 14.7. The zero-order chi connectivity index (χ0) is 22.3. The number of aromatic nitrogens is 1. The number of carbonyl (C=O) groups is 1. The van der Waals surface area contributed by atoms with E-state index in [9.17, 15) is 27.5 Å². The second-order valence-corrected chi connectivity index (χ2v) is 8.10. The fraction of sp³-hybridized carbons (Fsp3) is 0.150. The molecule has 31 heavy (non-hydrogen) atoms. The number of anilines is 1. The molecule has 4 rings (SSSR count). The number of carboxylic acids is 1. The third-order valence-electron chi connectivity index (χ3n) is 4.52. The van der Waals surface area contributed by atoms with E-state index in [1.807, 2.05) is 0 Å². The van der Waals surface area contributed by atoms with E-state index in [2.05, 4.69) is 10.1 Å². The lowest BCUT2D eigenvalue weighted by molar-refractivity contribution is 0.0696. The maximum Gasteiger partial charge on any atom is 0.336 e. The Hall–Kier alpha value is -2.98. The van der Waals surface area contributed by atoms with Crippen molar-refractivity contribution in [1.29, 1.82) is 0 Å². The maximum atomic E-state index is 14.6. The van der Waals surface area contributed by atoms with Crippen LogP contribution in [-0.2, 0) is 0 Å². The quantitative estimate of drug-likeness (QED) is 0.286. The second-order valence-electron chi connectivity index (χ2n) is 6.74. The van der Waals surface area contributed by atoms with Gasteiger partial charge in [-0.05, 0) is 30.3 Å². The Morgan fingerprint density at radius 2 is 2.03 bits per heavy atom. The normalized spacial score (nSPS) is 17.1. The second kappa shape index (κ2) is 7.93. The number of carboxylic acid groups (broad SMARTS) is 1. The van der Waals surface area contributed by atoms with Crippen LogP contribution in [0.5, 0.6) is 0 Å². The summed E-state index contributed by atoms with van der Waals surface area (Å²) < 4.78 is 55.6. The van der Waals surface area contributed by atoms with Crippen molar-refractivity contribution in [2.75, 3.05) is 5.01 Å². The third-order valence-corrected chi connectivity index (χ3v) is 5.59. The molecule has 0 saturated heterocycles. The van der Waals surface area contributed by atoms with Gasteiger partial charge in [0.1, 0.15) is 17.6 Å². The van der Waals surface area contributed by atoms with Gasteiger partial charge in [0.2, 0.25) is 10.3 Å². The first-order valence-corrected chi connectivity index (χ1v) is 10.0. The average molecular weight is 470 g/mol. The molecule has 1 aromatic heterocycles. The highest BCUT2D eigenvalue weighted by molar-refractivity contribution is 7.14. The van der Waals surface area contributed by atoms with Crippen molar-refractivity contribution in [3.05, 3.63) is 69.6 Å². The number of alkyl halides is 2. The summed E-state index contributed by atoms with van der Waals surface area (Å²) >= 11 is 6.45. The molecule has 1 aliphatic rings. The summed E-state index contributed by atoms with van der Waals surface area (Å²) in [6, 6.07) is 7.86. The Morgan fingerprint density at radius 3 is 2.68 bits per heavy atom. The average Bonchev–Trinajstić information content (AvgIpc) is 3.15. The molecule has 1 heterocycles. The lowest BCUT2D eigenvalue weighted by Gasteiger charge is -2.15. The van der Waals surface area contributed by atoms with E-state index < -0.39 is 40.9 Å². The Morgan fingerprint density at radius 1 is 1.29 bits per heavy atom. The van der Waals surface area contributed by atoms with Crippen LogP contribution in [0.3, 0.4) is 0 Å². The molecule has 160 valence electrons. The molecule has 1 N–H and O–H groups in total. The van der Waals surface area contributed by atoms with Crippen LogP contribution in [0.15, 0.2) is 47.6 Å². The molecule has 1 aliphatic carbocycles. The molecule has 1 unspecified atom stereocenters. The largest absolute Gasteiger partial charge is 0.478 e. The van der Waals surface area contributed by atoms with Gasteiger partial charge in [-0.1, -0.05) is 35.1 Å². The molecule has 1 atom stereocenters. The lowest BCUT2D eigenvalue weighted by Crippen LogP contribution is -2.24. The molecule has 2 aromatic carbocycles. The van der Waals surface area contributed by atoms with E-state index in [0.717, 1.165) is 29.4 Å². The number of hydrogen-bond acceptors (Lipinski definition) is 5. The predicted octanol–water partition coefficient (Wildman–Crippen LogP) is 5.69. The van der Waals surface area contributed by atoms with Crippen molar-refractivity contribution in [2.24, 2.45) is 5.10 Å². The van der Waals surface area contributed by atoms with Gasteiger partial charge < -0.3 is 5.11 Å². The van der Waals surface area contributed by atoms with Crippen molar-refractivity contribution in [2.45, 2.75) is 18.4 Å². The first-order valence-electron chi connectivity index (χ1n) is 8.82. The molecule has 1 saturated carbocycles. The number of hydrogen-bond donors (Lipinski definition) is 1. The third kappa shape index (κ3) is 4.40. The Labute approximate surface area is 182 Å². The number of nitrogens with zero attached hydrogens (tertiary/aromatic N) is 3. The number of halogens is 5. The van der Waals surface area contributed by atoms with Crippen LogP contribution in [0.25, 0.3) is 11.3 Å². The van der Waals surface area contributed by atoms with E-state index in [0.29, 0.717) is 21.9 Å². The van der Waals surface area contributed by atoms with Gasteiger partial charge in [0, 0.05) is 22.6 Å². The summed E-state index contributed by atoms with van der Waals surface area (Å²) in [6.07, 6.45) is 0.489. The fourth-order valence-corrected chi connectivity index (χ4v) is 3.90. The van der Waals surface area contributed by atoms with Crippen LogP contribution >= 0.6 is 22.9 Å². The number of aromatic carboxylic acids is 1. The summed E-state index contributed by atoms with van der Waals surface area (Å²) in [5, 5.41) is 13.6. The molecular weight excluding hydrogens is 458 g/mol. The van der Waals surface area contributed by atoms with Crippen molar-refractivity contribution < 1.29 is 27.5 Å². The van der Waals surface area contributed by atoms with Gasteiger partial charge in [0.15, 0.2) is 0 Å². The molecule has 11 heteroatoms. The van der Waals surface area contributed by atoms with Gasteiger partial charge >= 0.3 is 5.97 Å². The lowest BCUT2D eigenvalue weighted by atomic mass is 10.1. The van der Waals surface area contributed by atoms with Crippen molar-refractivity contribution in [3.63, 3.8) is 0 Å². The van der Waals surface area contributed by atoms with E-state index in [1.165, 1.54) is 6.07 Å². The monoisotopic (exact) mass is 469 g/mol. The maximum absolute atomic E-state index is 14.6. The van der Waals surface area contributed by atoms with E-state index >= 15 is 0 Å². The SMILES string of the molecule is O=C(O)c1cc(F)ccc1/C=N/N(c1nc(-c2cccc(Cl)c2)c(F)s1)C1CC1(F)F. The number of hydrazone groups is 1. The minimum atomic E-state index is -3.06. The van der Waals surface area contributed by atoms with Crippen LogP contribution in [0.4, 0.5) is 22.7 Å². The molecular formula is C20H12ClF4N3O2S. The number of benzene rings is 2. The fourth-order valence-electron chi connectivity index (χ4n) is 2.88. The predicted molar refractivity (Wildman–Crippen MR) is 109 cm³/mol. The molecule has 0 aliphatic heterocycles. The zero-order valence-electron chi connectivity index (χ0n) is 15.4. The van der Waals surface area contributed by atoms with E-state index in [-0.39, 0.29) is 16.4 Å². The van der Waals surface area contributed by atoms with Gasteiger partial charge in [-0.15, -0.1) is 0 Å². The molecule has 0 bridgehead atoms. The standard InChI is InChI=1S/C20H12ClF4N3O2S/c21-12-3-1-2-10(6-12)16-17(23)31-19(27-16)28(15-8-20(15,24)25)26-9-11-4-5-13(22)7-14(11)18(29)30/h1-7,9,15H,8H2,(H,29,30)/b26-9+. The highest BCUT2D eigenvalue weighted by Crippen LogP contribution is 2.48. The van der Waals surface area contributed by atoms with Crippen molar-refractivity contribution in [3.8, 4) is 11.3 Å². The highest BCUT2D eigenvalue weighted by Gasteiger charge is 2.61. The Balaban J connectivity index is 1.72. The van der Waals surface area contributed by atoms with Gasteiger partial charge in [-0.2, -0.15) is 9.49 Å². The molecule has 0 amide bonds. The van der Waals surface area contributed by atoms with Crippen LogP contribution in [0.1, 0.15) is 22.3 Å². The smallest absolute Gasteiger partial charge is 0.336 e. The minimum Gasteiger partial charge on any atom is -0.478 e. The van der Waals surface area contributed by atoms with Crippen LogP contribution in [-0.4, -0.2) is 34.2 Å². The molecule has 0 radical (unpaired) electrons. The number of thiazole rings is 1. The summed E-state index contributed by atoms with van der Waals surface area (Å²) in [4.78, 5) is 15.5. The molecule has 3 aromatic rings. The van der Waals surface area contributed by atoms with Crippen LogP contribution in [0, 0.1) is 10.9 Å². The first kappa shape index (κ1) is 21.3. The van der Waals surface area contributed by atoms with E-state index in [1.54, 1.807) is 18.2 Å². The Bertz CT molecular complexity index is 1200. The van der Waals surface area contributed by atoms with Gasteiger partial charge in [-0.3, -0.25) is 0 Å². The van der Waals surface area contributed by atoms with Gasteiger partial charge in [-0.25, -0.2) is 28.0 Å². The van der Waals surface area contributed by atoms with Gasteiger partial charge in [0.25, 0.3) is 5.92 Å². The summed E-state index contributed by atoms with van der Waals surface area (Å²) in [5.41, 5.74) is -0.100. The van der Waals surface area contributed by atoms with Gasteiger partial charge in [0.05, 0.1) is 11.8 Å². The molecule has 5 nitrogen and oxygen atoms in total. The van der Waals surface area contributed by atoms with Crippen LogP contribution < -0.4 is 5.01 Å². The molecule has 0 spiro atoms. The topological polar surface area (TPSA) is 65.8 Å². The number of rotatable bonds is 6. The highest BCUT2D eigenvalue weighted by atomic mass is 35.5. The minimum absolute atomic E-state index is 0.00467. The summed E-state index contributed by atoms with van der Waals surface area (Å²) in [6.45, 7) is 0.